The van der Waals surface area contributed by atoms with Crippen molar-refractivity contribution in [1.82, 2.24) is 0 Å². The van der Waals surface area contributed by atoms with Gasteiger partial charge in [-0.3, -0.25) is 0 Å². The zero-order chi connectivity index (χ0) is 17.8. The summed E-state index contributed by atoms with van der Waals surface area (Å²) in [4.78, 5) is 21.1. The fourth-order valence-corrected chi connectivity index (χ4v) is 3.06. The SMILES string of the molecule is O=C([O-])C1CCc2ccccc2N1.O=C([O-])C1Cc2ccccc2N1. The molecular weight excluding hydrogens is 320 g/mol. The van der Waals surface area contributed by atoms with E-state index in [1.807, 2.05) is 48.5 Å². The largest absolute Gasteiger partial charge is 0.548 e. The molecule has 0 amide bonds. The minimum atomic E-state index is -1.04. The number of carboxylic acid groups (broad SMARTS) is 2. The third-order valence-corrected chi connectivity index (χ3v) is 4.39. The Bertz CT molecular complexity index is 765. The molecule has 2 atom stereocenters. The first-order chi connectivity index (χ1) is 12.0. The summed E-state index contributed by atoms with van der Waals surface area (Å²) in [5.74, 6) is -2.05. The summed E-state index contributed by atoms with van der Waals surface area (Å²) in [5.41, 5.74) is 4.06. The molecule has 2 heterocycles. The van der Waals surface area contributed by atoms with Gasteiger partial charge < -0.3 is 30.4 Å². The second-order valence-electron chi connectivity index (χ2n) is 6.09. The lowest BCUT2D eigenvalue weighted by atomic mass is 9.98. The second kappa shape index (κ2) is 7.25. The lowest BCUT2D eigenvalue weighted by molar-refractivity contribution is -0.308. The molecule has 2 aliphatic rings. The molecule has 2 aromatic rings. The molecule has 0 radical (unpaired) electrons. The first kappa shape index (κ1) is 16.8. The van der Waals surface area contributed by atoms with E-state index in [0.29, 0.717) is 12.8 Å². The van der Waals surface area contributed by atoms with Crippen LogP contribution in [0.25, 0.3) is 0 Å². The normalized spacial score (nSPS) is 20.0. The van der Waals surface area contributed by atoms with Crippen molar-refractivity contribution in [3.05, 3.63) is 59.7 Å². The van der Waals surface area contributed by atoms with Gasteiger partial charge in [0.05, 0.1) is 24.0 Å². The summed E-state index contributed by atoms with van der Waals surface area (Å²) in [5, 5.41) is 26.9. The molecule has 6 nitrogen and oxygen atoms in total. The molecule has 2 aromatic carbocycles. The molecule has 0 bridgehead atoms. The van der Waals surface area contributed by atoms with Crippen LogP contribution in [-0.2, 0) is 22.4 Å². The van der Waals surface area contributed by atoms with E-state index >= 15 is 0 Å². The van der Waals surface area contributed by atoms with E-state index < -0.39 is 24.0 Å². The number of aliphatic carboxylic acids is 2. The summed E-state index contributed by atoms with van der Waals surface area (Å²) >= 11 is 0. The third kappa shape index (κ3) is 3.91. The van der Waals surface area contributed by atoms with Gasteiger partial charge in [0.1, 0.15) is 0 Å². The van der Waals surface area contributed by atoms with Crippen LogP contribution in [0.4, 0.5) is 11.4 Å². The molecule has 130 valence electrons. The van der Waals surface area contributed by atoms with E-state index in [-0.39, 0.29) is 0 Å². The Morgan fingerprint density at radius 3 is 1.92 bits per heavy atom. The molecule has 6 heteroatoms. The molecule has 0 spiro atoms. The Kier molecular flexibility index (Phi) is 4.88. The van der Waals surface area contributed by atoms with E-state index in [1.165, 1.54) is 5.56 Å². The number of carboxylic acids is 2. The standard InChI is InChI=1S/C10H11NO2.C9H9NO2/c12-10(13)9-6-5-7-3-1-2-4-8(7)11-9;11-9(12)8-5-6-3-1-2-4-7(6)10-8/h1-4,9,11H,5-6H2,(H,12,13);1-4,8,10H,5H2,(H,11,12)/p-2. The summed E-state index contributed by atoms with van der Waals surface area (Å²) in [6, 6.07) is 14.2. The number of benzene rings is 2. The number of nitrogens with one attached hydrogen (secondary N) is 2. The summed E-state index contributed by atoms with van der Waals surface area (Å²) in [6.07, 6.45) is 1.94. The number of aryl methyl sites for hydroxylation is 1. The number of anilines is 2. The Morgan fingerprint density at radius 1 is 0.800 bits per heavy atom. The van der Waals surface area contributed by atoms with Crippen LogP contribution in [0.5, 0.6) is 0 Å². The van der Waals surface area contributed by atoms with Crippen molar-refractivity contribution in [2.24, 2.45) is 0 Å². The molecule has 4 rings (SSSR count). The van der Waals surface area contributed by atoms with E-state index in [0.717, 1.165) is 23.4 Å². The Balaban J connectivity index is 0.000000146. The first-order valence-corrected chi connectivity index (χ1v) is 8.15. The lowest BCUT2D eigenvalue weighted by Gasteiger charge is -2.27. The van der Waals surface area contributed by atoms with E-state index in [4.69, 9.17) is 0 Å². The highest BCUT2D eigenvalue weighted by Gasteiger charge is 2.20. The number of rotatable bonds is 2. The first-order valence-electron chi connectivity index (χ1n) is 8.15. The predicted octanol–water partition coefficient (Wildman–Crippen LogP) is -0.0637. The minimum absolute atomic E-state index is 0.526. The van der Waals surface area contributed by atoms with Crippen LogP contribution in [0.1, 0.15) is 17.5 Å². The lowest BCUT2D eigenvalue weighted by Crippen LogP contribution is -2.42. The molecule has 0 aliphatic carbocycles. The average molecular weight is 338 g/mol. The Hall–Kier alpha value is -3.02. The van der Waals surface area contributed by atoms with Gasteiger partial charge in [0, 0.05) is 11.4 Å². The topological polar surface area (TPSA) is 104 Å². The van der Waals surface area contributed by atoms with Gasteiger partial charge >= 0.3 is 0 Å². The van der Waals surface area contributed by atoms with Crippen molar-refractivity contribution in [2.75, 3.05) is 10.6 Å². The van der Waals surface area contributed by atoms with Gasteiger partial charge in [0.2, 0.25) is 0 Å². The molecular formula is C19H18N2O4-2. The summed E-state index contributed by atoms with van der Waals surface area (Å²) < 4.78 is 0. The minimum Gasteiger partial charge on any atom is -0.548 e. The van der Waals surface area contributed by atoms with Crippen LogP contribution in [0, 0.1) is 0 Å². The van der Waals surface area contributed by atoms with Crippen molar-refractivity contribution in [3.63, 3.8) is 0 Å². The van der Waals surface area contributed by atoms with E-state index in [1.54, 1.807) is 0 Å². The molecule has 2 N–H and O–H groups in total. The highest BCUT2D eigenvalue weighted by Crippen LogP contribution is 2.25. The number of fused-ring (bicyclic) bond motifs is 2. The number of hydrogen-bond donors (Lipinski definition) is 2. The highest BCUT2D eigenvalue weighted by atomic mass is 16.4. The van der Waals surface area contributed by atoms with Gasteiger partial charge in [-0.05, 0) is 42.5 Å². The average Bonchev–Trinajstić information content (AvgIpc) is 3.06. The molecule has 0 fully saturated rings. The molecule has 0 saturated carbocycles. The number of para-hydroxylation sites is 2. The van der Waals surface area contributed by atoms with Crippen LogP contribution in [0.15, 0.2) is 48.5 Å². The number of carbonyl (C=O) groups is 2. The van der Waals surface area contributed by atoms with Crippen molar-refractivity contribution >= 4 is 23.3 Å². The van der Waals surface area contributed by atoms with Crippen molar-refractivity contribution in [1.29, 1.82) is 0 Å². The highest BCUT2D eigenvalue weighted by molar-refractivity contribution is 5.79. The summed E-state index contributed by atoms with van der Waals surface area (Å²) in [7, 11) is 0. The Morgan fingerprint density at radius 2 is 1.32 bits per heavy atom. The molecule has 2 unspecified atom stereocenters. The Labute approximate surface area is 145 Å². The number of hydrogen-bond acceptors (Lipinski definition) is 6. The van der Waals surface area contributed by atoms with Crippen molar-refractivity contribution < 1.29 is 19.8 Å². The van der Waals surface area contributed by atoms with Crippen LogP contribution < -0.4 is 20.8 Å². The molecule has 0 saturated heterocycles. The fourth-order valence-electron chi connectivity index (χ4n) is 3.06. The van der Waals surface area contributed by atoms with Crippen LogP contribution >= 0.6 is 0 Å². The van der Waals surface area contributed by atoms with Crippen LogP contribution in [0.2, 0.25) is 0 Å². The van der Waals surface area contributed by atoms with Gasteiger partial charge in [-0.25, -0.2) is 0 Å². The van der Waals surface area contributed by atoms with Crippen molar-refractivity contribution in [2.45, 2.75) is 31.3 Å². The number of carbonyl (C=O) groups excluding carboxylic acids is 2. The van der Waals surface area contributed by atoms with Gasteiger partial charge in [0.25, 0.3) is 0 Å². The van der Waals surface area contributed by atoms with Gasteiger partial charge in [-0.1, -0.05) is 36.4 Å². The zero-order valence-electron chi connectivity index (χ0n) is 13.5. The second-order valence-corrected chi connectivity index (χ2v) is 6.09. The van der Waals surface area contributed by atoms with Gasteiger partial charge in [0.15, 0.2) is 0 Å². The smallest absolute Gasteiger partial charge is 0.0699 e. The molecule has 0 aromatic heterocycles. The summed E-state index contributed by atoms with van der Waals surface area (Å²) in [6.45, 7) is 0. The van der Waals surface area contributed by atoms with E-state index in [2.05, 4.69) is 10.6 Å². The maximum atomic E-state index is 10.6. The predicted molar refractivity (Wildman–Crippen MR) is 89.7 cm³/mol. The van der Waals surface area contributed by atoms with Gasteiger partial charge in [-0.2, -0.15) is 0 Å². The fraction of sp³-hybridized carbons (Fsp3) is 0.263. The molecule has 2 aliphatic heterocycles. The van der Waals surface area contributed by atoms with Crippen molar-refractivity contribution in [3.8, 4) is 0 Å². The van der Waals surface area contributed by atoms with Gasteiger partial charge in [-0.15, -0.1) is 0 Å². The molecule has 25 heavy (non-hydrogen) atoms. The zero-order valence-corrected chi connectivity index (χ0v) is 13.5. The van der Waals surface area contributed by atoms with Crippen LogP contribution in [0.3, 0.4) is 0 Å². The quantitative estimate of drug-likeness (QED) is 0.795. The third-order valence-electron chi connectivity index (χ3n) is 4.39. The monoisotopic (exact) mass is 338 g/mol. The van der Waals surface area contributed by atoms with E-state index in [9.17, 15) is 19.8 Å². The maximum Gasteiger partial charge on any atom is 0.0699 e. The van der Waals surface area contributed by atoms with Crippen LogP contribution in [-0.4, -0.2) is 24.0 Å². The maximum absolute atomic E-state index is 10.6.